The summed E-state index contributed by atoms with van der Waals surface area (Å²) >= 11 is 11.3. The van der Waals surface area contributed by atoms with Gasteiger partial charge in [0.15, 0.2) is 5.11 Å². The summed E-state index contributed by atoms with van der Waals surface area (Å²) in [6.07, 6.45) is 0.886. The first kappa shape index (κ1) is 14.1. The Balaban J connectivity index is 1.96. The molecule has 0 unspecified atom stereocenters. The van der Waals surface area contributed by atoms with Crippen LogP contribution >= 0.6 is 23.8 Å². The van der Waals surface area contributed by atoms with E-state index in [4.69, 9.17) is 23.8 Å². The Morgan fingerprint density at radius 3 is 2.63 bits per heavy atom. The monoisotopic (exact) mass is 297 g/mol. The fraction of sp³-hybridized carbons (Fsp3) is 0.385. The van der Waals surface area contributed by atoms with Crippen molar-refractivity contribution in [2.75, 3.05) is 31.5 Å². The highest BCUT2D eigenvalue weighted by molar-refractivity contribution is 7.80. The van der Waals surface area contributed by atoms with Gasteiger partial charge in [0.25, 0.3) is 0 Å². The van der Waals surface area contributed by atoms with E-state index in [-0.39, 0.29) is 0 Å². The molecule has 102 valence electrons. The summed E-state index contributed by atoms with van der Waals surface area (Å²) < 4.78 is 0. The highest BCUT2D eigenvalue weighted by atomic mass is 35.5. The Morgan fingerprint density at radius 2 is 2.05 bits per heavy atom. The lowest BCUT2D eigenvalue weighted by molar-refractivity contribution is -0.119. The van der Waals surface area contributed by atoms with Crippen LogP contribution in [0.5, 0.6) is 0 Å². The Labute approximate surface area is 123 Å². The number of carbonyl (C=O) groups excluding carboxylic acids is 1. The topological polar surface area (TPSA) is 35.6 Å². The minimum atomic E-state index is 0.691. The Bertz CT molecular complexity index is 487. The van der Waals surface area contributed by atoms with Crippen molar-refractivity contribution in [1.82, 2.24) is 9.80 Å². The fourth-order valence-electron chi connectivity index (χ4n) is 1.99. The number of nitrogens with zero attached hydrogens (tertiary/aromatic N) is 2. The van der Waals surface area contributed by atoms with Gasteiger partial charge in [0, 0.05) is 36.9 Å². The van der Waals surface area contributed by atoms with Gasteiger partial charge in [-0.1, -0.05) is 11.6 Å². The number of thiocarbonyl (C=S) groups is 1. The first-order valence-corrected chi connectivity index (χ1v) is 6.90. The van der Waals surface area contributed by atoms with E-state index in [0.29, 0.717) is 23.2 Å². The first-order chi connectivity index (χ1) is 9.10. The summed E-state index contributed by atoms with van der Waals surface area (Å²) in [7, 11) is 0. The van der Waals surface area contributed by atoms with Crippen molar-refractivity contribution in [2.24, 2.45) is 0 Å². The van der Waals surface area contributed by atoms with Crippen LogP contribution < -0.4 is 5.32 Å². The number of hydrogen-bond donors (Lipinski definition) is 1. The van der Waals surface area contributed by atoms with Crippen LogP contribution in [0.4, 0.5) is 5.69 Å². The molecular weight excluding hydrogens is 282 g/mol. The molecular formula is C13H16ClN3OS. The molecule has 1 heterocycles. The zero-order chi connectivity index (χ0) is 13.8. The number of amides is 1. The second kappa shape index (κ2) is 6.21. The maximum atomic E-state index is 10.7. The van der Waals surface area contributed by atoms with Crippen molar-refractivity contribution in [3.05, 3.63) is 28.8 Å². The van der Waals surface area contributed by atoms with Crippen LogP contribution in [-0.4, -0.2) is 47.5 Å². The molecule has 1 aromatic rings. The molecule has 1 amide bonds. The maximum absolute atomic E-state index is 10.7. The van der Waals surface area contributed by atoms with Crippen molar-refractivity contribution < 1.29 is 4.79 Å². The number of halogens is 1. The van der Waals surface area contributed by atoms with E-state index in [1.54, 1.807) is 4.90 Å². The van der Waals surface area contributed by atoms with E-state index in [1.807, 2.05) is 25.1 Å². The zero-order valence-corrected chi connectivity index (χ0v) is 12.3. The molecule has 4 nitrogen and oxygen atoms in total. The fourth-order valence-corrected chi connectivity index (χ4v) is 2.51. The van der Waals surface area contributed by atoms with E-state index in [1.165, 1.54) is 0 Å². The number of aryl methyl sites for hydroxylation is 1. The summed E-state index contributed by atoms with van der Waals surface area (Å²) in [5.74, 6) is 0. The number of hydrogen-bond acceptors (Lipinski definition) is 2. The highest BCUT2D eigenvalue weighted by Gasteiger charge is 2.17. The van der Waals surface area contributed by atoms with Crippen molar-refractivity contribution >= 4 is 41.0 Å². The van der Waals surface area contributed by atoms with Gasteiger partial charge in [-0.05, 0) is 42.9 Å². The van der Waals surface area contributed by atoms with Crippen LogP contribution in [0.1, 0.15) is 5.56 Å². The highest BCUT2D eigenvalue weighted by Crippen LogP contribution is 2.20. The van der Waals surface area contributed by atoms with Gasteiger partial charge in [0.05, 0.1) is 0 Å². The molecule has 6 heteroatoms. The van der Waals surface area contributed by atoms with E-state index >= 15 is 0 Å². The van der Waals surface area contributed by atoms with Crippen LogP contribution in [0.2, 0.25) is 5.02 Å². The van der Waals surface area contributed by atoms with Crippen LogP contribution in [0.3, 0.4) is 0 Å². The van der Waals surface area contributed by atoms with Crippen molar-refractivity contribution in [3.8, 4) is 0 Å². The molecule has 1 saturated heterocycles. The van der Waals surface area contributed by atoms with Gasteiger partial charge in [-0.2, -0.15) is 0 Å². The first-order valence-electron chi connectivity index (χ1n) is 6.11. The van der Waals surface area contributed by atoms with Gasteiger partial charge < -0.3 is 15.1 Å². The average Bonchev–Trinajstić information content (AvgIpc) is 2.42. The molecule has 1 aliphatic rings. The Morgan fingerprint density at radius 1 is 1.37 bits per heavy atom. The number of carbonyl (C=O) groups is 1. The van der Waals surface area contributed by atoms with Crippen LogP contribution in [0, 0.1) is 6.92 Å². The lowest BCUT2D eigenvalue weighted by Crippen LogP contribution is -2.49. The predicted molar refractivity (Wildman–Crippen MR) is 81.6 cm³/mol. The quantitative estimate of drug-likeness (QED) is 0.670. The Kier molecular flexibility index (Phi) is 4.61. The number of piperazine rings is 1. The molecule has 0 saturated carbocycles. The third kappa shape index (κ3) is 3.58. The van der Waals surface area contributed by atoms with Crippen molar-refractivity contribution in [1.29, 1.82) is 0 Å². The molecule has 19 heavy (non-hydrogen) atoms. The number of rotatable bonds is 2. The lowest BCUT2D eigenvalue weighted by Gasteiger charge is -2.34. The number of benzene rings is 1. The molecule has 2 rings (SSSR count). The van der Waals surface area contributed by atoms with Gasteiger partial charge in [-0.15, -0.1) is 0 Å². The SMILES string of the molecule is Cc1cc(Cl)ccc1NC(=S)N1CCN(C=O)CC1. The average molecular weight is 298 g/mol. The van der Waals surface area contributed by atoms with E-state index < -0.39 is 0 Å². The van der Waals surface area contributed by atoms with Gasteiger partial charge in [-0.25, -0.2) is 0 Å². The normalized spacial score (nSPS) is 15.3. The molecule has 0 spiro atoms. The van der Waals surface area contributed by atoms with Crippen molar-refractivity contribution in [3.63, 3.8) is 0 Å². The molecule has 1 aliphatic heterocycles. The maximum Gasteiger partial charge on any atom is 0.209 e. The third-order valence-electron chi connectivity index (χ3n) is 3.18. The molecule has 1 fully saturated rings. The van der Waals surface area contributed by atoms with E-state index in [2.05, 4.69) is 10.2 Å². The standard InChI is InChI=1S/C13H16ClN3OS/c1-10-8-11(14)2-3-12(10)15-13(19)17-6-4-16(9-18)5-7-17/h2-3,8-9H,4-7H2,1H3,(H,15,19). The van der Waals surface area contributed by atoms with Gasteiger partial charge in [-0.3, -0.25) is 4.79 Å². The van der Waals surface area contributed by atoms with Crippen LogP contribution in [-0.2, 0) is 4.79 Å². The minimum absolute atomic E-state index is 0.691. The van der Waals surface area contributed by atoms with Gasteiger partial charge >= 0.3 is 0 Å². The molecule has 0 aromatic heterocycles. The number of nitrogens with one attached hydrogen (secondary N) is 1. The second-order valence-corrected chi connectivity index (χ2v) is 5.34. The van der Waals surface area contributed by atoms with Gasteiger partial charge in [0.1, 0.15) is 0 Å². The summed E-state index contributed by atoms with van der Waals surface area (Å²) in [6.45, 7) is 4.94. The Hall–Kier alpha value is -1.33. The summed E-state index contributed by atoms with van der Waals surface area (Å²) in [4.78, 5) is 14.5. The minimum Gasteiger partial charge on any atom is -0.345 e. The molecule has 0 aliphatic carbocycles. The molecule has 0 atom stereocenters. The predicted octanol–water partition coefficient (Wildman–Crippen LogP) is 2.12. The van der Waals surface area contributed by atoms with Crippen LogP contribution in [0.15, 0.2) is 18.2 Å². The number of anilines is 1. The molecule has 0 bridgehead atoms. The van der Waals surface area contributed by atoms with Crippen molar-refractivity contribution in [2.45, 2.75) is 6.92 Å². The molecule has 1 aromatic carbocycles. The third-order valence-corrected chi connectivity index (χ3v) is 3.78. The zero-order valence-electron chi connectivity index (χ0n) is 10.7. The summed E-state index contributed by atoms with van der Waals surface area (Å²) in [5.41, 5.74) is 2.02. The summed E-state index contributed by atoms with van der Waals surface area (Å²) in [5, 5.41) is 4.64. The van der Waals surface area contributed by atoms with Crippen LogP contribution in [0.25, 0.3) is 0 Å². The van der Waals surface area contributed by atoms with Gasteiger partial charge in [0.2, 0.25) is 6.41 Å². The smallest absolute Gasteiger partial charge is 0.209 e. The summed E-state index contributed by atoms with van der Waals surface area (Å²) in [6, 6.07) is 5.66. The van der Waals surface area contributed by atoms with E-state index in [0.717, 1.165) is 30.8 Å². The lowest BCUT2D eigenvalue weighted by atomic mass is 10.2. The molecule has 1 N–H and O–H groups in total. The largest absolute Gasteiger partial charge is 0.345 e. The second-order valence-electron chi connectivity index (χ2n) is 4.52. The molecule has 0 radical (unpaired) electrons. The van der Waals surface area contributed by atoms with E-state index in [9.17, 15) is 4.79 Å².